The fraction of sp³-hybridized carbons (Fsp3) is 0.615. The molecule has 1 fully saturated rings. The van der Waals surface area contributed by atoms with Crippen LogP contribution in [-0.4, -0.2) is 55.0 Å². The van der Waals surface area contributed by atoms with Gasteiger partial charge >= 0.3 is 0 Å². The number of piperazine rings is 1. The maximum absolute atomic E-state index is 11.6. The lowest BCUT2D eigenvalue weighted by Crippen LogP contribution is -2.53. The van der Waals surface area contributed by atoms with Crippen molar-refractivity contribution in [2.75, 3.05) is 33.2 Å². The molecule has 1 N–H and O–H groups in total. The van der Waals surface area contributed by atoms with Gasteiger partial charge in [0.2, 0.25) is 5.91 Å². The van der Waals surface area contributed by atoms with Crippen molar-refractivity contribution in [3.8, 4) is 0 Å². The minimum Gasteiger partial charge on any atom is -0.358 e. The summed E-state index contributed by atoms with van der Waals surface area (Å²) in [5.41, 5.74) is 0. The number of rotatable bonds is 4. The van der Waals surface area contributed by atoms with Crippen LogP contribution in [0, 0.1) is 0 Å². The Balaban J connectivity index is 1.80. The summed E-state index contributed by atoms with van der Waals surface area (Å²) in [6, 6.07) is 4.00. The molecule has 19 heavy (non-hydrogen) atoms. The van der Waals surface area contributed by atoms with Crippen LogP contribution in [0.4, 0.5) is 0 Å². The topological polar surface area (TPSA) is 35.6 Å². The second-order valence-electron chi connectivity index (χ2n) is 4.81. The number of halogens is 1. The molecule has 106 valence electrons. The quantitative estimate of drug-likeness (QED) is 0.918. The molecule has 0 aliphatic carbocycles. The molecule has 1 aromatic rings. The summed E-state index contributed by atoms with van der Waals surface area (Å²) in [4.78, 5) is 17.6. The van der Waals surface area contributed by atoms with Crippen molar-refractivity contribution in [2.24, 2.45) is 0 Å². The molecular formula is C13H20ClN3OS. The van der Waals surface area contributed by atoms with E-state index in [1.54, 1.807) is 18.4 Å². The summed E-state index contributed by atoms with van der Waals surface area (Å²) in [6.45, 7) is 6.79. The van der Waals surface area contributed by atoms with E-state index in [2.05, 4.69) is 21.2 Å². The number of likely N-dealkylation sites (N-methyl/N-ethyl adjacent to an activating group) is 1. The largest absolute Gasteiger partial charge is 0.358 e. The second kappa shape index (κ2) is 6.70. The Hall–Kier alpha value is -0.620. The molecular weight excluding hydrogens is 282 g/mol. The van der Waals surface area contributed by atoms with E-state index >= 15 is 0 Å². The van der Waals surface area contributed by atoms with E-state index < -0.39 is 0 Å². The van der Waals surface area contributed by atoms with Crippen LogP contribution in [-0.2, 0) is 11.3 Å². The molecule has 1 aliphatic rings. The zero-order valence-electron chi connectivity index (χ0n) is 11.4. The first-order valence-corrected chi connectivity index (χ1v) is 7.72. The van der Waals surface area contributed by atoms with Crippen LogP contribution in [0.3, 0.4) is 0 Å². The monoisotopic (exact) mass is 301 g/mol. The van der Waals surface area contributed by atoms with Crippen LogP contribution >= 0.6 is 22.9 Å². The van der Waals surface area contributed by atoms with Gasteiger partial charge in [-0.05, 0) is 19.1 Å². The van der Waals surface area contributed by atoms with Gasteiger partial charge in [0.1, 0.15) is 0 Å². The van der Waals surface area contributed by atoms with Gasteiger partial charge in [0, 0.05) is 44.6 Å². The number of thiophene rings is 1. The van der Waals surface area contributed by atoms with Gasteiger partial charge in [-0.3, -0.25) is 14.6 Å². The van der Waals surface area contributed by atoms with E-state index in [1.165, 1.54) is 4.88 Å². The Morgan fingerprint density at radius 3 is 2.63 bits per heavy atom. The SMILES string of the molecule is CNC(=O)[C@@H](C)N1CCN(Cc2ccc(Cl)s2)CC1. The Kier molecular flexibility index (Phi) is 5.21. The molecule has 0 spiro atoms. The third kappa shape index (κ3) is 3.92. The smallest absolute Gasteiger partial charge is 0.236 e. The zero-order chi connectivity index (χ0) is 13.8. The highest BCUT2D eigenvalue weighted by Gasteiger charge is 2.24. The highest BCUT2D eigenvalue weighted by Crippen LogP contribution is 2.23. The summed E-state index contributed by atoms with van der Waals surface area (Å²) in [6.07, 6.45) is 0. The molecule has 1 aliphatic heterocycles. The molecule has 1 saturated heterocycles. The lowest BCUT2D eigenvalue weighted by molar-refractivity contribution is -0.126. The van der Waals surface area contributed by atoms with Gasteiger partial charge < -0.3 is 5.32 Å². The van der Waals surface area contributed by atoms with E-state index in [9.17, 15) is 4.79 Å². The number of carbonyl (C=O) groups is 1. The van der Waals surface area contributed by atoms with Gasteiger partial charge in [-0.25, -0.2) is 0 Å². The molecule has 0 saturated carbocycles. The molecule has 2 heterocycles. The van der Waals surface area contributed by atoms with Crippen molar-refractivity contribution in [1.29, 1.82) is 0 Å². The average Bonchev–Trinajstić information content (AvgIpc) is 2.83. The van der Waals surface area contributed by atoms with Gasteiger partial charge in [0.05, 0.1) is 10.4 Å². The molecule has 0 bridgehead atoms. The van der Waals surface area contributed by atoms with E-state index in [0.29, 0.717) is 0 Å². The summed E-state index contributed by atoms with van der Waals surface area (Å²) >= 11 is 7.58. The lowest BCUT2D eigenvalue weighted by Gasteiger charge is -2.37. The van der Waals surface area contributed by atoms with Gasteiger partial charge in [-0.2, -0.15) is 0 Å². The predicted molar refractivity (Wildman–Crippen MR) is 79.7 cm³/mol. The molecule has 6 heteroatoms. The number of carbonyl (C=O) groups excluding carboxylic acids is 1. The maximum atomic E-state index is 11.6. The van der Waals surface area contributed by atoms with Crippen LogP contribution in [0.5, 0.6) is 0 Å². The molecule has 0 radical (unpaired) electrons. The molecule has 0 aromatic carbocycles. The minimum absolute atomic E-state index is 0.0386. The van der Waals surface area contributed by atoms with Gasteiger partial charge in [0.15, 0.2) is 0 Å². The third-order valence-corrected chi connectivity index (χ3v) is 4.80. The fourth-order valence-electron chi connectivity index (χ4n) is 2.34. The standard InChI is InChI=1S/C13H20ClN3OS/c1-10(13(18)15-2)17-7-5-16(6-8-17)9-11-3-4-12(14)19-11/h3-4,10H,5-9H2,1-2H3,(H,15,18)/t10-/m1/s1. The average molecular weight is 302 g/mol. The highest BCUT2D eigenvalue weighted by atomic mass is 35.5. The Labute approximate surface area is 123 Å². The van der Waals surface area contributed by atoms with E-state index in [-0.39, 0.29) is 11.9 Å². The van der Waals surface area contributed by atoms with Crippen LogP contribution in [0.2, 0.25) is 4.34 Å². The number of hydrogen-bond acceptors (Lipinski definition) is 4. The van der Waals surface area contributed by atoms with E-state index in [1.807, 2.05) is 13.0 Å². The molecule has 1 atom stereocenters. The van der Waals surface area contributed by atoms with Crippen molar-refractivity contribution in [3.63, 3.8) is 0 Å². The predicted octanol–water partition coefficient (Wildman–Crippen LogP) is 1.65. The molecule has 0 unspecified atom stereocenters. The van der Waals surface area contributed by atoms with Crippen molar-refractivity contribution in [1.82, 2.24) is 15.1 Å². The maximum Gasteiger partial charge on any atom is 0.236 e. The zero-order valence-corrected chi connectivity index (χ0v) is 12.9. The van der Waals surface area contributed by atoms with Gasteiger partial charge in [0.25, 0.3) is 0 Å². The fourth-order valence-corrected chi connectivity index (χ4v) is 3.47. The van der Waals surface area contributed by atoms with Crippen molar-refractivity contribution in [3.05, 3.63) is 21.3 Å². The van der Waals surface area contributed by atoms with Crippen LogP contribution in [0.25, 0.3) is 0 Å². The number of amides is 1. The minimum atomic E-state index is -0.0386. The summed E-state index contributed by atoms with van der Waals surface area (Å²) in [5.74, 6) is 0.0958. The van der Waals surface area contributed by atoms with Crippen molar-refractivity contribution < 1.29 is 4.79 Å². The number of nitrogens with zero attached hydrogens (tertiary/aromatic N) is 2. The molecule has 1 aromatic heterocycles. The van der Waals surface area contributed by atoms with Gasteiger partial charge in [-0.1, -0.05) is 11.6 Å². The Morgan fingerprint density at radius 2 is 2.11 bits per heavy atom. The summed E-state index contributed by atoms with van der Waals surface area (Å²) in [7, 11) is 1.69. The van der Waals surface area contributed by atoms with Crippen molar-refractivity contribution >= 4 is 28.8 Å². The summed E-state index contributed by atoms with van der Waals surface area (Å²) in [5, 5.41) is 2.71. The normalized spacial score (nSPS) is 19.3. The van der Waals surface area contributed by atoms with Crippen LogP contribution in [0.1, 0.15) is 11.8 Å². The van der Waals surface area contributed by atoms with E-state index in [4.69, 9.17) is 11.6 Å². The van der Waals surface area contributed by atoms with Gasteiger partial charge in [-0.15, -0.1) is 11.3 Å². The third-order valence-electron chi connectivity index (χ3n) is 3.59. The molecule has 2 rings (SSSR count). The van der Waals surface area contributed by atoms with E-state index in [0.717, 1.165) is 37.1 Å². The second-order valence-corrected chi connectivity index (χ2v) is 6.61. The highest BCUT2D eigenvalue weighted by molar-refractivity contribution is 7.16. The lowest BCUT2D eigenvalue weighted by atomic mass is 10.2. The number of hydrogen-bond donors (Lipinski definition) is 1. The summed E-state index contributed by atoms with van der Waals surface area (Å²) < 4.78 is 0.849. The first-order chi connectivity index (χ1) is 9.10. The Morgan fingerprint density at radius 1 is 1.42 bits per heavy atom. The first kappa shape index (κ1) is 14.8. The Bertz CT molecular complexity index is 429. The molecule has 1 amide bonds. The number of nitrogens with one attached hydrogen (secondary N) is 1. The first-order valence-electron chi connectivity index (χ1n) is 6.52. The van der Waals surface area contributed by atoms with Crippen LogP contribution < -0.4 is 5.32 Å². The van der Waals surface area contributed by atoms with Crippen molar-refractivity contribution in [2.45, 2.75) is 19.5 Å². The molecule has 4 nitrogen and oxygen atoms in total. The van der Waals surface area contributed by atoms with Crippen LogP contribution in [0.15, 0.2) is 12.1 Å².